The average Bonchev–Trinajstić information content (AvgIpc) is 3.13. The number of carbonyl (C=O) groups excluding carboxylic acids is 1. The first-order valence-electron chi connectivity index (χ1n) is 7.59. The van der Waals surface area contributed by atoms with Crippen molar-refractivity contribution in [2.24, 2.45) is 0 Å². The Hall–Kier alpha value is -2.46. The van der Waals surface area contributed by atoms with E-state index >= 15 is 0 Å². The second-order valence-corrected chi connectivity index (χ2v) is 6.08. The maximum absolute atomic E-state index is 12.4. The third-order valence-electron chi connectivity index (χ3n) is 3.64. The van der Waals surface area contributed by atoms with E-state index in [-0.39, 0.29) is 11.9 Å². The van der Waals surface area contributed by atoms with Crippen LogP contribution in [0.5, 0.6) is 0 Å². The summed E-state index contributed by atoms with van der Waals surface area (Å²) < 4.78 is 0. The maximum atomic E-state index is 12.4. The minimum atomic E-state index is -0.215. The summed E-state index contributed by atoms with van der Waals surface area (Å²) in [5.41, 5.74) is 3.09. The number of rotatable bonds is 6. The molecule has 0 saturated carbocycles. The Morgan fingerprint density at radius 1 is 1.09 bits per heavy atom. The Morgan fingerprint density at radius 3 is 2.61 bits per heavy atom. The van der Waals surface area contributed by atoms with Crippen LogP contribution >= 0.6 is 11.3 Å². The van der Waals surface area contributed by atoms with E-state index < -0.39 is 0 Å². The van der Waals surface area contributed by atoms with Crippen LogP contribution in [0.3, 0.4) is 0 Å². The molecule has 4 heteroatoms. The smallest absolute Gasteiger partial charge is 0.221 e. The predicted molar refractivity (Wildman–Crippen MR) is 93.3 cm³/mol. The molecular formula is C19H18N2OS. The highest BCUT2D eigenvalue weighted by molar-refractivity contribution is 7.07. The molecular weight excluding hydrogens is 304 g/mol. The van der Waals surface area contributed by atoms with Crippen molar-refractivity contribution in [3.63, 3.8) is 0 Å². The second-order valence-electron chi connectivity index (χ2n) is 5.30. The molecule has 0 spiro atoms. The molecule has 1 amide bonds. The van der Waals surface area contributed by atoms with Gasteiger partial charge >= 0.3 is 0 Å². The normalized spacial score (nSPS) is 11.8. The molecule has 0 unspecified atom stereocenters. The third-order valence-corrected chi connectivity index (χ3v) is 4.37. The van der Waals surface area contributed by atoms with Gasteiger partial charge in [-0.3, -0.25) is 9.78 Å². The van der Waals surface area contributed by atoms with Crippen molar-refractivity contribution in [2.45, 2.75) is 18.9 Å². The fourth-order valence-electron chi connectivity index (χ4n) is 2.45. The van der Waals surface area contributed by atoms with Crippen LogP contribution in [0.25, 0.3) is 0 Å². The number of nitrogens with one attached hydrogen (secondary N) is 1. The summed E-state index contributed by atoms with van der Waals surface area (Å²) in [5.74, 6) is 0.0377. The quantitative estimate of drug-likeness (QED) is 0.746. The molecule has 116 valence electrons. The number of hydrogen-bond acceptors (Lipinski definition) is 3. The number of nitrogens with zero attached hydrogens (tertiary/aromatic N) is 1. The van der Waals surface area contributed by atoms with Crippen LogP contribution in [0.2, 0.25) is 0 Å². The number of benzene rings is 1. The van der Waals surface area contributed by atoms with Crippen molar-refractivity contribution in [3.8, 4) is 0 Å². The Kier molecular flexibility index (Phi) is 5.17. The molecule has 0 radical (unpaired) electrons. The molecule has 1 atom stereocenters. The van der Waals surface area contributed by atoms with E-state index in [1.807, 2.05) is 53.9 Å². The maximum Gasteiger partial charge on any atom is 0.221 e. The van der Waals surface area contributed by atoms with Gasteiger partial charge in [0.15, 0.2) is 0 Å². The van der Waals surface area contributed by atoms with E-state index in [4.69, 9.17) is 0 Å². The van der Waals surface area contributed by atoms with E-state index in [0.29, 0.717) is 6.42 Å². The molecule has 3 rings (SSSR count). The lowest BCUT2D eigenvalue weighted by molar-refractivity contribution is -0.121. The minimum Gasteiger partial charge on any atom is -0.344 e. The number of carbonyl (C=O) groups is 1. The highest BCUT2D eigenvalue weighted by Crippen LogP contribution is 2.20. The SMILES string of the molecule is O=C(CCc1ccsc1)N[C@H](c1ccccc1)c1ccccn1. The first-order valence-corrected chi connectivity index (χ1v) is 8.53. The number of aryl methyl sites for hydroxylation is 1. The van der Waals surface area contributed by atoms with Crippen LogP contribution in [-0.4, -0.2) is 10.9 Å². The van der Waals surface area contributed by atoms with Crippen molar-refractivity contribution in [1.29, 1.82) is 0 Å². The first-order chi connectivity index (χ1) is 11.3. The molecule has 3 aromatic rings. The zero-order valence-corrected chi connectivity index (χ0v) is 13.5. The Morgan fingerprint density at radius 2 is 1.91 bits per heavy atom. The van der Waals surface area contributed by atoms with E-state index in [1.165, 1.54) is 5.56 Å². The molecule has 1 aromatic carbocycles. The predicted octanol–water partition coefficient (Wildman–Crippen LogP) is 3.98. The number of thiophene rings is 1. The van der Waals surface area contributed by atoms with Gasteiger partial charge in [0.1, 0.15) is 0 Å². The van der Waals surface area contributed by atoms with Gasteiger partial charge in [-0.25, -0.2) is 0 Å². The molecule has 0 saturated heterocycles. The molecule has 3 nitrogen and oxygen atoms in total. The summed E-state index contributed by atoms with van der Waals surface area (Å²) in [6.07, 6.45) is 2.99. The second kappa shape index (κ2) is 7.70. The van der Waals surface area contributed by atoms with Gasteiger partial charge in [0.25, 0.3) is 0 Å². The fourth-order valence-corrected chi connectivity index (χ4v) is 3.15. The van der Waals surface area contributed by atoms with E-state index in [2.05, 4.69) is 21.7 Å². The molecule has 0 aliphatic heterocycles. The standard InChI is InChI=1S/C19H18N2OS/c22-18(10-9-15-11-13-23-14-15)21-19(16-6-2-1-3-7-16)17-8-4-5-12-20-17/h1-8,11-14,19H,9-10H2,(H,21,22)/t19-/m1/s1. The molecule has 0 aliphatic rings. The summed E-state index contributed by atoms with van der Waals surface area (Å²) in [4.78, 5) is 16.8. The summed E-state index contributed by atoms with van der Waals surface area (Å²) in [6.45, 7) is 0. The number of amides is 1. The zero-order valence-electron chi connectivity index (χ0n) is 12.7. The highest BCUT2D eigenvalue weighted by atomic mass is 32.1. The lowest BCUT2D eigenvalue weighted by atomic mass is 10.0. The van der Waals surface area contributed by atoms with Crippen LogP contribution in [-0.2, 0) is 11.2 Å². The summed E-state index contributed by atoms with van der Waals surface area (Å²) in [6, 6.07) is 17.6. The Balaban J connectivity index is 1.72. The molecule has 2 aromatic heterocycles. The molecule has 2 heterocycles. The van der Waals surface area contributed by atoms with Gasteiger partial charge in [0.05, 0.1) is 11.7 Å². The Bertz CT molecular complexity index is 687. The highest BCUT2D eigenvalue weighted by Gasteiger charge is 2.17. The van der Waals surface area contributed by atoms with Crippen molar-refractivity contribution >= 4 is 17.2 Å². The Labute approximate surface area is 140 Å². The molecule has 23 heavy (non-hydrogen) atoms. The van der Waals surface area contributed by atoms with E-state index in [1.54, 1.807) is 17.5 Å². The zero-order chi connectivity index (χ0) is 15.9. The average molecular weight is 322 g/mol. The lowest BCUT2D eigenvalue weighted by Crippen LogP contribution is -2.30. The third kappa shape index (κ3) is 4.27. The summed E-state index contributed by atoms with van der Waals surface area (Å²) in [5, 5.41) is 7.23. The van der Waals surface area contributed by atoms with Gasteiger partial charge in [0, 0.05) is 12.6 Å². The van der Waals surface area contributed by atoms with Crippen molar-refractivity contribution in [1.82, 2.24) is 10.3 Å². The number of aromatic nitrogens is 1. The van der Waals surface area contributed by atoms with Gasteiger partial charge in [-0.05, 0) is 46.5 Å². The number of pyridine rings is 1. The molecule has 0 fully saturated rings. The van der Waals surface area contributed by atoms with Gasteiger partial charge in [0.2, 0.25) is 5.91 Å². The summed E-state index contributed by atoms with van der Waals surface area (Å²) >= 11 is 1.66. The molecule has 0 bridgehead atoms. The van der Waals surface area contributed by atoms with Crippen LogP contribution in [0.1, 0.15) is 29.3 Å². The number of hydrogen-bond donors (Lipinski definition) is 1. The van der Waals surface area contributed by atoms with Crippen molar-refractivity contribution in [3.05, 3.63) is 88.4 Å². The first kappa shape index (κ1) is 15.4. The van der Waals surface area contributed by atoms with Crippen LogP contribution in [0.4, 0.5) is 0 Å². The van der Waals surface area contributed by atoms with E-state index in [9.17, 15) is 4.79 Å². The van der Waals surface area contributed by atoms with Gasteiger partial charge in [-0.1, -0.05) is 36.4 Å². The van der Waals surface area contributed by atoms with Crippen LogP contribution < -0.4 is 5.32 Å². The fraction of sp³-hybridized carbons (Fsp3) is 0.158. The summed E-state index contributed by atoms with van der Waals surface area (Å²) in [7, 11) is 0. The van der Waals surface area contributed by atoms with E-state index in [0.717, 1.165) is 17.7 Å². The van der Waals surface area contributed by atoms with Crippen molar-refractivity contribution in [2.75, 3.05) is 0 Å². The van der Waals surface area contributed by atoms with Gasteiger partial charge < -0.3 is 5.32 Å². The topological polar surface area (TPSA) is 42.0 Å². The largest absolute Gasteiger partial charge is 0.344 e. The van der Waals surface area contributed by atoms with Crippen LogP contribution in [0, 0.1) is 0 Å². The lowest BCUT2D eigenvalue weighted by Gasteiger charge is -2.18. The minimum absolute atomic E-state index is 0.0377. The van der Waals surface area contributed by atoms with Crippen LogP contribution in [0.15, 0.2) is 71.6 Å². The monoisotopic (exact) mass is 322 g/mol. The molecule has 0 aliphatic carbocycles. The van der Waals surface area contributed by atoms with Crippen molar-refractivity contribution < 1.29 is 4.79 Å². The van der Waals surface area contributed by atoms with Gasteiger partial charge in [-0.15, -0.1) is 0 Å². The van der Waals surface area contributed by atoms with Gasteiger partial charge in [-0.2, -0.15) is 11.3 Å². The molecule has 1 N–H and O–H groups in total.